The summed E-state index contributed by atoms with van der Waals surface area (Å²) in [6.07, 6.45) is 0. The van der Waals surface area contributed by atoms with Crippen LogP contribution in [-0.2, 0) is 10.9 Å². The van der Waals surface area contributed by atoms with Crippen LogP contribution in [0.15, 0.2) is 81.4 Å². The number of benzene rings is 3. The minimum absolute atomic E-state index is 0.318. The maximum atomic E-state index is 13.6. The fourth-order valence-electron chi connectivity index (χ4n) is 2.24. The van der Waals surface area contributed by atoms with E-state index in [9.17, 15) is 17.6 Å². The zero-order chi connectivity index (χ0) is 16.4. The van der Waals surface area contributed by atoms with E-state index in [0.29, 0.717) is 14.7 Å². The molecular formula is C18H11F4S+. The van der Waals surface area contributed by atoms with Crippen LogP contribution in [0.4, 0.5) is 17.6 Å². The summed E-state index contributed by atoms with van der Waals surface area (Å²) in [6, 6.07) is 14.6. The smallest absolute Gasteiger partial charge is 0.172 e. The van der Waals surface area contributed by atoms with Crippen molar-refractivity contribution < 1.29 is 17.6 Å². The monoisotopic (exact) mass is 335 g/mol. The molecule has 0 nitrogen and oxygen atoms in total. The second-order valence-corrected chi connectivity index (χ2v) is 6.85. The van der Waals surface area contributed by atoms with Crippen molar-refractivity contribution >= 4 is 10.9 Å². The van der Waals surface area contributed by atoms with Gasteiger partial charge in [-0.15, -0.1) is 0 Å². The summed E-state index contributed by atoms with van der Waals surface area (Å²) in [6.45, 7) is 0. The van der Waals surface area contributed by atoms with Gasteiger partial charge in [-0.05, 0) is 24.3 Å². The Hall–Kier alpha value is -2.27. The van der Waals surface area contributed by atoms with Crippen LogP contribution in [0.1, 0.15) is 0 Å². The molecule has 3 aromatic carbocycles. The summed E-state index contributed by atoms with van der Waals surface area (Å²) >= 11 is 0. The van der Waals surface area contributed by atoms with E-state index in [0.717, 1.165) is 6.07 Å². The van der Waals surface area contributed by atoms with Crippen LogP contribution < -0.4 is 0 Å². The van der Waals surface area contributed by atoms with Gasteiger partial charge in [0.1, 0.15) is 23.3 Å². The van der Waals surface area contributed by atoms with Crippen LogP contribution in [-0.4, -0.2) is 0 Å². The fourth-order valence-corrected chi connectivity index (χ4v) is 4.41. The minimum Gasteiger partial charge on any atom is -0.207 e. The third-order valence-electron chi connectivity index (χ3n) is 3.14. The first-order chi connectivity index (χ1) is 11.0. The average molecular weight is 335 g/mol. The normalized spacial score (nSPS) is 11.0. The van der Waals surface area contributed by atoms with Crippen LogP contribution in [0, 0.1) is 23.3 Å². The van der Waals surface area contributed by atoms with Crippen LogP contribution in [0.25, 0.3) is 0 Å². The van der Waals surface area contributed by atoms with Gasteiger partial charge in [-0.2, -0.15) is 0 Å². The highest BCUT2D eigenvalue weighted by Gasteiger charge is 2.30. The number of hydrogen-bond acceptors (Lipinski definition) is 0. The highest BCUT2D eigenvalue weighted by Crippen LogP contribution is 2.32. The Morgan fingerprint density at radius 2 is 0.913 bits per heavy atom. The predicted molar refractivity (Wildman–Crippen MR) is 81.3 cm³/mol. The summed E-state index contributed by atoms with van der Waals surface area (Å²) in [5.41, 5.74) is 0. The van der Waals surface area contributed by atoms with E-state index < -0.39 is 34.2 Å². The molecule has 0 bridgehead atoms. The summed E-state index contributed by atoms with van der Waals surface area (Å²) in [5.74, 6) is -2.39. The van der Waals surface area contributed by atoms with Crippen molar-refractivity contribution in [3.63, 3.8) is 0 Å². The van der Waals surface area contributed by atoms with Gasteiger partial charge in [0, 0.05) is 30.3 Å². The molecule has 0 unspecified atom stereocenters. The average Bonchev–Trinajstić information content (AvgIpc) is 2.46. The van der Waals surface area contributed by atoms with Gasteiger partial charge in [-0.3, -0.25) is 0 Å². The van der Waals surface area contributed by atoms with E-state index in [4.69, 9.17) is 0 Å². The molecule has 0 fully saturated rings. The maximum absolute atomic E-state index is 13.6. The number of hydrogen-bond donors (Lipinski definition) is 0. The van der Waals surface area contributed by atoms with E-state index in [1.165, 1.54) is 48.5 Å². The Balaban J connectivity index is 2.21. The predicted octanol–water partition coefficient (Wildman–Crippen LogP) is 5.34. The molecule has 0 aliphatic heterocycles. The standard InChI is InChI=1S/C18H11F4S/c19-12-3-1-5-16(8-12)23(17-6-2-4-13(20)9-17)18-10-14(21)7-15(22)11-18/h1-11H/q+1. The lowest BCUT2D eigenvalue weighted by molar-refractivity contribution is 0.577. The van der Waals surface area contributed by atoms with Crippen molar-refractivity contribution in [1.82, 2.24) is 0 Å². The zero-order valence-electron chi connectivity index (χ0n) is 11.8. The Bertz CT molecular complexity index is 782. The summed E-state index contributed by atoms with van der Waals surface area (Å²) in [4.78, 5) is 1.35. The van der Waals surface area contributed by atoms with E-state index >= 15 is 0 Å². The van der Waals surface area contributed by atoms with Gasteiger partial charge in [-0.1, -0.05) is 12.1 Å². The Kier molecular flexibility index (Phi) is 4.39. The van der Waals surface area contributed by atoms with E-state index in [1.54, 1.807) is 12.1 Å². The van der Waals surface area contributed by atoms with Crippen molar-refractivity contribution in [2.75, 3.05) is 0 Å². The van der Waals surface area contributed by atoms with E-state index in [1.807, 2.05) is 0 Å². The molecule has 0 atom stereocenters. The number of halogens is 4. The van der Waals surface area contributed by atoms with Crippen molar-refractivity contribution in [1.29, 1.82) is 0 Å². The molecule has 23 heavy (non-hydrogen) atoms. The highest BCUT2D eigenvalue weighted by molar-refractivity contribution is 7.97. The zero-order valence-corrected chi connectivity index (χ0v) is 12.6. The molecule has 3 aromatic rings. The fraction of sp³-hybridized carbons (Fsp3) is 0. The Morgan fingerprint density at radius 1 is 0.478 bits per heavy atom. The summed E-state index contributed by atoms with van der Waals surface area (Å²) in [5, 5.41) is 0. The van der Waals surface area contributed by atoms with Gasteiger partial charge >= 0.3 is 0 Å². The van der Waals surface area contributed by atoms with Crippen molar-refractivity contribution in [2.45, 2.75) is 14.7 Å². The first-order valence-corrected chi connectivity index (χ1v) is 7.97. The molecule has 0 spiro atoms. The highest BCUT2D eigenvalue weighted by atomic mass is 32.2. The lowest BCUT2D eigenvalue weighted by atomic mass is 10.3. The van der Waals surface area contributed by atoms with E-state index in [2.05, 4.69) is 0 Å². The SMILES string of the molecule is Fc1cccc([S+](c2cccc(F)c2)c2cc(F)cc(F)c2)c1. The molecule has 5 heteroatoms. The topological polar surface area (TPSA) is 0 Å². The second-order valence-electron chi connectivity index (χ2n) is 4.83. The molecular weight excluding hydrogens is 324 g/mol. The molecule has 0 saturated carbocycles. The maximum Gasteiger partial charge on any atom is 0.172 e. The summed E-state index contributed by atoms with van der Waals surface area (Å²) in [7, 11) is -1.02. The first-order valence-electron chi connectivity index (χ1n) is 6.74. The molecule has 0 aromatic heterocycles. The van der Waals surface area contributed by atoms with Gasteiger partial charge in [0.15, 0.2) is 14.7 Å². The minimum atomic E-state index is -1.02. The molecule has 0 N–H and O–H groups in total. The van der Waals surface area contributed by atoms with Crippen molar-refractivity contribution in [3.05, 3.63) is 90.0 Å². The third kappa shape index (κ3) is 3.56. The van der Waals surface area contributed by atoms with Crippen molar-refractivity contribution in [3.8, 4) is 0 Å². The Morgan fingerprint density at radius 3 is 1.35 bits per heavy atom. The molecule has 116 valence electrons. The molecule has 3 rings (SSSR count). The molecule has 0 aliphatic carbocycles. The van der Waals surface area contributed by atoms with Gasteiger partial charge in [0.2, 0.25) is 0 Å². The molecule has 0 aliphatic rings. The van der Waals surface area contributed by atoms with Gasteiger partial charge in [-0.25, -0.2) is 17.6 Å². The molecule has 0 radical (unpaired) electrons. The summed E-state index contributed by atoms with van der Waals surface area (Å²) < 4.78 is 54.3. The second kappa shape index (κ2) is 6.46. The van der Waals surface area contributed by atoms with Gasteiger partial charge in [0.25, 0.3) is 0 Å². The lowest BCUT2D eigenvalue weighted by Gasteiger charge is -2.08. The lowest BCUT2D eigenvalue weighted by Crippen LogP contribution is -2.06. The third-order valence-corrected chi connectivity index (χ3v) is 5.29. The largest absolute Gasteiger partial charge is 0.207 e. The van der Waals surface area contributed by atoms with E-state index in [-0.39, 0.29) is 0 Å². The van der Waals surface area contributed by atoms with Gasteiger partial charge < -0.3 is 0 Å². The van der Waals surface area contributed by atoms with Crippen LogP contribution in [0.3, 0.4) is 0 Å². The Labute approximate surface area is 133 Å². The van der Waals surface area contributed by atoms with Crippen LogP contribution >= 0.6 is 0 Å². The molecule has 0 amide bonds. The van der Waals surface area contributed by atoms with Gasteiger partial charge in [0.05, 0.1) is 10.9 Å². The molecule has 0 saturated heterocycles. The van der Waals surface area contributed by atoms with Crippen molar-refractivity contribution in [2.24, 2.45) is 0 Å². The van der Waals surface area contributed by atoms with Crippen LogP contribution in [0.5, 0.6) is 0 Å². The van der Waals surface area contributed by atoms with Crippen LogP contribution in [0.2, 0.25) is 0 Å². The first kappa shape index (κ1) is 15.6. The molecule has 0 heterocycles. The number of rotatable bonds is 3. The quantitative estimate of drug-likeness (QED) is 0.448.